The first-order valence-corrected chi connectivity index (χ1v) is 5.56. The van der Waals surface area contributed by atoms with E-state index in [2.05, 4.69) is 15.3 Å². The third-order valence-corrected chi connectivity index (χ3v) is 2.46. The van der Waals surface area contributed by atoms with Crippen LogP contribution < -0.4 is 16.6 Å². The number of carbonyl (C=O) groups is 1. The Labute approximate surface area is 111 Å². The van der Waals surface area contributed by atoms with Crippen LogP contribution in [0.2, 0.25) is 0 Å². The number of nitrogens with zero attached hydrogens (tertiary/aromatic N) is 1. The lowest BCUT2D eigenvalue weighted by molar-refractivity contribution is -0.192. The van der Waals surface area contributed by atoms with Gasteiger partial charge in [0.15, 0.2) is 0 Å². The average Bonchev–Trinajstić information content (AvgIpc) is 2.29. The molecule has 1 aromatic heterocycles. The van der Waals surface area contributed by atoms with Crippen LogP contribution in [0.3, 0.4) is 0 Å². The summed E-state index contributed by atoms with van der Waals surface area (Å²) >= 11 is 0. The largest absolute Gasteiger partial charge is 0.490 e. The minimum atomic E-state index is -5.08. The van der Waals surface area contributed by atoms with Crippen LogP contribution in [0.25, 0.3) is 0 Å². The Kier molecular flexibility index (Phi) is 4.58. The maximum Gasteiger partial charge on any atom is 0.490 e. The fraction of sp³-hybridized carbons (Fsp3) is 0.500. The third-order valence-electron chi connectivity index (χ3n) is 2.46. The number of carboxylic acids is 1. The summed E-state index contributed by atoms with van der Waals surface area (Å²) in [6, 6.07) is 0.332. The summed E-state index contributed by atoms with van der Waals surface area (Å²) in [7, 11) is 0. The van der Waals surface area contributed by atoms with Crippen molar-refractivity contribution >= 4 is 17.6 Å². The number of carboxylic acid groups (broad SMARTS) is 1. The fourth-order valence-corrected chi connectivity index (χ4v) is 1.54. The first-order valence-electron chi connectivity index (χ1n) is 5.56. The second kappa shape index (κ2) is 5.80. The van der Waals surface area contributed by atoms with Gasteiger partial charge in [0.1, 0.15) is 5.69 Å². The van der Waals surface area contributed by atoms with Gasteiger partial charge in [-0.2, -0.15) is 13.2 Å². The molecule has 0 amide bonds. The molecular weight excluding hydrogens is 281 g/mol. The Bertz CT molecular complexity index is 556. The summed E-state index contributed by atoms with van der Waals surface area (Å²) < 4.78 is 31.7. The molecule has 0 radical (unpaired) electrons. The van der Waals surface area contributed by atoms with Gasteiger partial charge in [-0.1, -0.05) is 0 Å². The molecule has 1 atom stereocenters. The molecule has 7 nitrogen and oxygen atoms in total. The Morgan fingerprint density at radius 2 is 2.05 bits per heavy atom. The number of aliphatic carboxylic acids is 1. The molecule has 112 valence electrons. The lowest BCUT2D eigenvalue weighted by Crippen LogP contribution is -2.29. The lowest BCUT2D eigenvalue weighted by Gasteiger charge is -2.22. The number of rotatable bonds is 0. The van der Waals surface area contributed by atoms with Crippen molar-refractivity contribution in [3.8, 4) is 0 Å². The highest BCUT2D eigenvalue weighted by molar-refractivity contribution is 5.73. The highest BCUT2D eigenvalue weighted by Gasteiger charge is 2.38. The van der Waals surface area contributed by atoms with Gasteiger partial charge in [-0.3, -0.25) is 9.78 Å². The number of halogens is 3. The van der Waals surface area contributed by atoms with E-state index in [-0.39, 0.29) is 11.5 Å². The van der Waals surface area contributed by atoms with Crippen molar-refractivity contribution in [2.45, 2.75) is 32.0 Å². The highest BCUT2D eigenvalue weighted by Crippen LogP contribution is 2.18. The number of nitrogen functional groups attached to an aromatic ring is 1. The molecule has 1 aromatic rings. The molecule has 20 heavy (non-hydrogen) atoms. The van der Waals surface area contributed by atoms with Gasteiger partial charge in [-0.15, -0.1) is 0 Å². The van der Waals surface area contributed by atoms with Gasteiger partial charge >= 0.3 is 12.1 Å². The van der Waals surface area contributed by atoms with Crippen LogP contribution in [0.1, 0.15) is 19.0 Å². The first kappa shape index (κ1) is 15.8. The number of hydrogen-bond acceptors (Lipinski definition) is 5. The number of nitrogens with two attached hydrogens (primary N) is 1. The number of aromatic amines is 1. The quantitative estimate of drug-likeness (QED) is 0.560. The van der Waals surface area contributed by atoms with Crippen molar-refractivity contribution in [1.29, 1.82) is 0 Å². The van der Waals surface area contributed by atoms with Crippen LogP contribution in [0.15, 0.2) is 4.79 Å². The molecule has 10 heteroatoms. The van der Waals surface area contributed by atoms with Gasteiger partial charge in [-0.25, -0.2) is 9.78 Å². The average molecular weight is 294 g/mol. The summed E-state index contributed by atoms with van der Waals surface area (Å²) in [6.07, 6.45) is -3.28. The second-order valence-corrected chi connectivity index (χ2v) is 4.16. The minimum absolute atomic E-state index is 0.172. The van der Waals surface area contributed by atoms with E-state index in [1.165, 1.54) is 0 Å². The number of aromatic nitrogens is 2. The molecule has 0 aliphatic carbocycles. The molecule has 2 heterocycles. The smallest absolute Gasteiger partial charge is 0.475 e. The van der Waals surface area contributed by atoms with Gasteiger partial charge < -0.3 is 16.2 Å². The number of hydrogen-bond donors (Lipinski definition) is 4. The van der Waals surface area contributed by atoms with Crippen molar-refractivity contribution in [1.82, 2.24) is 9.97 Å². The van der Waals surface area contributed by atoms with E-state index in [4.69, 9.17) is 15.6 Å². The zero-order valence-electron chi connectivity index (χ0n) is 10.4. The molecule has 1 aliphatic heterocycles. The van der Waals surface area contributed by atoms with E-state index in [9.17, 15) is 18.0 Å². The molecule has 1 unspecified atom stereocenters. The predicted molar refractivity (Wildman–Crippen MR) is 64.4 cm³/mol. The Morgan fingerprint density at radius 3 is 2.55 bits per heavy atom. The van der Waals surface area contributed by atoms with Crippen LogP contribution in [0.5, 0.6) is 0 Å². The maximum absolute atomic E-state index is 11.4. The van der Waals surface area contributed by atoms with Crippen LogP contribution in [-0.4, -0.2) is 33.3 Å². The number of aryl methyl sites for hydroxylation is 1. The molecular formula is C10H13F3N4O3. The van der Waals surface area contributed by atoms with E-state index >= 15 is 0 Å². The van der Waals surface area contributed by atoms with Crippen molar-refractivity contribution in [3.05, 3.63) is 16.0 Å². The molecule has 1 aliphatic rings. The fourth-order valence-electron chi connectivity index (χ4n) is 1.54. The molecule has 5 N–H and O–H groups in total. The number of H-pyrrole nitrogens is 1. The third kappa shape index (κ3) is 4.14. The van der Waals surface area contributed by atoms with Crippen molar-refractivity contribution in [3.63, 3.8) is 0 Å². The van der Waals surface area contributed by atoms with Gasteiger partial charge in [0.25, 0.3) is 5.56 Å². The summed E-state index contributed by atoms with van der Waals surface area (Å²) in [4.78, 5) is 26.8. The number of alkyl halides is 3. The van der Waals surface area contributed by atoms with E-state index in [1.807, 2.05) is 6.92 Å². The summed E-state index contributed by atoms with van der Waals surface area (Å²) in [5, 5.41) is 10.2. The Hall–Kier alpha value is -2.26. The zero-order valence-corrected chi connectivity index (χ0v) is 10.4. The second-order valence-electron chi connectivity index (χ2n) is 4.16. The molecule has 0 aromatic carbocycles. The van der Waals surface area contributed by atoms with Gasteiger partial charge in [0.2, 0.25) is 5.95 Å². The molecule has 0 bridgehead atoms. The number of nitrogens with one attached hydrogen (secondary N) is 2. The van der Waals surface area contributed by atoms with E-state index < -0.39 is 12.1 Å². The maximum atomic E-state index is 11.4. The monoisotopic (exact) mass is 294 g/mol. The molecule has 0 spiro atoms. The minimum Gasteiger partial charge on any atom is -0.475 e. The van der Waals surface area contributed by atoms with Gasteiger partial charge in [0, 0.05) is 6.04 Å². The highest BCUT2D eigenvalue weighted by atomic mass is 19.4. The number of fused-ring (bicyclic) bond motifs is 1. The summed E-state index contributed by atoms with van der Waals surface area (Å²) in [5.74, 6) is -2.56. The Balaban J connectivity index is 0.000000246. The SMILES string of the molecule is CC1CCc2nc(N)[nH]c(=O)c2N1.O=C(O)C(F)(F)F. The molecule has 2 rings (SSSR count). The van der Waals surface area contributed by atoms with Gasteiger partial charge in [-0.05, 0) is 19.8 Å². The molecule has 0 saturated heterocycles. The normalized spacial score (nSPS) is 17.3. The van der Waals surface area contributed by atoms with E-state index in [0.29, 0.717) is 11.7 Å². The van der Waals surface area contributed by atoms with Crippen molar-refractivity contribution in [2.24, 2.45) is 0 Å². The van der Waals surface area contributed by atoms with Crippen LogP contribution in [0.4, 0.5) is 24.8 Å². The van der Waals surface area contributed by atoms with E-state index in [0.717, 1.165) is 18.5 Å². The molecule has 0 saturated carbocycles. The van der Waals surface area contributed by atoms with E-state index in [1.54, 1.807) is 0 Å². The van der Waals surface area contributed by atoms with Crippen LogP contribution >= 0.6 is 0 Å². The predicted octanol–water partition coefficient (Wildman–Crippen LogP) is 0.732. The zero-order chi connectivity index (χ0) is 15.5. The molecule has 0 fully saturated rings. The lowest BCUT2D eigenvalue weighted by atomic mass is 10.1. The van der Waals surface area contributed by atoms with Gasteiger partial charge in [0.05, 0.1) is 5.69 Å². The van der Waals surface area contributed by atoms with Crippen LogP contribution in [-0.2, 0) is 11.2 Å². The Morgan fingerprint density at radius 1 is 1.50 bits per heavy atom. The summed E-state index contributed by atoms with van der Waals surface area (Å²) in [5.41, 5.74) is 6.60. The first-order chi connectivity index (χ1) is 9.11. The van der Waals surface area contributed by atoms with Crippen molar-refractivity contribution < 1.29 is 23.1 Å². The topological polar surface area (TPSA) is 121 Å². The van der Waals surface area contributed by atoms with Crippen LogP contribution in [0, 0.1) is 0 Å². The number of anilines is 2. The standard InChI is InChI=1S/C8H12N4O.C2HF3O2/c1-4-2-3-5-6(10-4)7(13)12-8(9)11-5;3-2(4,5)1(6)7/h4,10H,2-3H2,1H3,(H3,9,11,12,13);(H,6,7). The summed E-state index contributed by atoms with van der Waals surface area (Å²) in [6.45, 7) is 2.04. The van der Waals surface area contributed by atoms with Crippen molar-refractivity contribution in [2.75, 3.05) is 11.1 Å².